The van der Waals surface area contributed by atoms with Crippen LogP contribution in [-0.2, 0) is 9.53 Å². The molecule has 180 valence electrons. The minimum Gasteiger partial charge on any atom is -0.452 e. The lowest BCUT2D eigenvalue weighted by atomic mass is 10.1. The number of amides is 1. The number of aromatic nitrogens is 3. The zero-order valence-corrected chi connectivity index (χ0v) is 18.9. The molecule has 2 heterocycles. The number of carbonyl (C=O) groups is 2. The van der Waals surface area contributed by atoms with Crippen molar-refractivity contribution in [2.75, 3.05) is 11.9 Å². The molecule has 0 fully saturated rings. The Labute approximate surface area is 199 Å². The molecule has 0 saturated heterocycles. The summed E-state index contributed by atoms with van der Waals surface area (Å²) in [6, 6.07) is 16.6. The van der Waals surface area contributed by atoms with E-state index >= 15 is 0 Å². The Morgan fingerprint density at radius 2 is 1.77 bits per heavy atom. The highest BCUT2D eigenvalue weighted by atomic mass is 19.3. The highest BCUT2D eigenvalue weighted by Crippen LogP contribution is 2.27. The fourth-order valence-electron chi connectivity index (χ4n) is 3.49. The number of nitrogens with one attached hydrogen (secondary N) is 1. The second-order valence-corrected chi connectivity index (χ2v) is 7.84. The Bertz CT molecular complexity index is 1360. The lowest BCUT2D eigenvalue weighted by Crippen LogP contribution is -2.21. The number of hydrogen-bond acceptors (Lipinski definition) is 6. The number of para-hydroxylation sites is 2. The first-order valence-electron chi connectivity index (χ1n) is 10.8. The molecule has 4 aromatic rings. The van der Waals surface area contributed by atoms with Crippen LogP contribution in [0.4, 0.5) is 14.5 Å². The van der Waals surface area contributed by atoms with Gasteiger partial charge in [0.15, 0.2) is 12.3 Å². The molecule has 0 spiro atoms. The number of fused-ring (bicyclic) bond motifs is 1. The molecule has 0 aliphatic heterocycles. The van der Waals surface area contributed by atoms with Crippen molar-refractivity contribution in [3.05, 3.63) is 72.4 Å². The minimum atomic E-state index is -3.05. The molecule has 35 heavy (non-hydrogen) atoms. The average molecular weight is 480 g/mol. The van der Waals surface area contributed by atoms with Crippen molar-refractivity contribution in [2.24, 2.45) is 0 Å². The molecule has 4 rings (SSSR count). The Kier molecular flexibility index (Phi) is 7.00. The number of halogens is 2. The number of pyridine rings is 1. The van der Waals surface area contributed by atoms with Gasteiger partial charge in [0.2, 0.25) is 0 Å². The van der Waals surface area contributed by atoms with Gasteiger partial charge in [-0.05, 0) is 32.0 Å². The van der Waals surface area contributed by atoms with Gasteiger partial charge in [0.1, 0.15) is 5.75 Å². The van der Waals surface area contributed by atoms with Crippen molar-refractivity contribution in [1.82, 2.24) is 14.8 Å². The fraction of sp³-hybridized carbons (Fsp3) is 0.200. The zero-order chi connectivity index (χ0) is 24.9. The smallest absolute Gasteiger partial charge is 0.387 e. The predicted octanol–water partition coefficient (Wildman–Crippen LogP) is 5.08. The molecule has 0 aliphatic carbocycles. The van der Waals surface area contributed by atoms with Crippen LogP contribution in [0.3, 0.4) is 0 Å². The summed E-state index contributed by atoms with van der Waals surface area (Å²) in [6.45, 7) is 0.207. The van der Waals surface area contributed by atoms with Gasteiger partial charge in [0.05, 0.1) is 28.5 Å². The number of hydrogen-bond donors (Lipinski definition) is 1. The fourth-order valence-corrected chi connectivity index (χ4v) is 3.49. The van der Waals surface area contributed by atoms with E-state index in [-0.39, 0.29) is 23.0 Å². The summed E-state index contributed by atoms with van der Waals surface area (Å²) >= 11 is 0. The van der Waals surface area contributed by atoms with Crippen molar-refractivity contribution in [3.63, 3.8) is 0 Å². The molecule has 2 aromatic carbocycles. The number of anilines is 1. The van der Waals surface area contributed by atoms with Crippen LogP contribution in [0.15, 0.2) is 66.9 Å². The van der Waals surface area contributed by atoms with Crippen molar-refractivity contribution in [2.45, 2.75) is 26.5 Å². The minimum absolute atomic E-state index is 0.00352. The summed E-state index contributed by atoms with van der Waals surface area (Å²) in [7, 11) is 0. The van der Waals surface area contributed by atoms with Gasteiger partial charge in [0.25, 0.3) is 5.91 Å². The maximum absolute atomic E-state index is 13.0. The number of benzene rings is 2. The summed E-state index contributed by atoms with van der Waals surface area (Å²) in [6.07, 6.45) is 1.53. The van der Waals surface area contributed by atoms with Gasteiger partial charge in [-0.3, -0.25) is 4.79 Å². The molecule has 8 nitrogen and oxygen atoms in total. The monoisotopic (exact) mass is 480 g/mol. The number of rotatable bonds is 8. The maximum Gasteiger partial charge on any atom is 0.387 e. The molecule has 0 aliphatic rings. The summed E-state index contributed by atoms with van der Waals surface area (Å²) in [4.78, 5) is 30.1. The first-order chi connectivity index (χ1) is 16.8. The van der Waals surface area contributed by atoms with Gasteiger partial charge in [-0.2, -0.15) is 13.9 Å². The summed E-state index contributed by atoms with van der Waals surface area (Å²) in [5, 5.41) is 7.25. The Hall–Kier alpha value is -4.34. The predicted molar refractivity (Wildman–Crippen MR) is 125 cm³/mol. The normalized spacial score (nSPS) is 11.1. The molecule has 2 aromatic heterocycles. The second-order valence-electron chi connectivity index (χ2n) is 7.84. The molecule has 0 unspecified atom stereocenters. The van der Waals surface area contributed by atoms with E-state index in [0.29, 0.717) is 16.7 Å². The molecular weight excluding hydrogens is 458 g/mol. The van der Waals surface area contributed by atoms with Gasteiger partial charge in [-0.1, -0.05) is 42.5 Å². The quantitative estimate of drug-likeness (QED) is 0.354. The molecular formula is C25H22F2N4O4. The SMILES string of the molecule is CC(C)n1ncc2c(C(=O)OCC(=O)Nc3ccccc3OC(F)F)cc(-c3ccccc3)nc21. The summed E-state index contributed by atoms with van der Waals surface area (Å²) in [5.74, 6) is -1.66. The van der Waals surface area contributed by atoms with Gasteiger partial charge < -0.3 is 14.8 Å². The van der Waals surface area contributed by atoms with Crippen LogP contribution in [0.1, 0.15) is 30.2 Å². The molecule has 0 atom stereocenters. The lowest BCUT2D eigenvalue weighted by Gasteiger charge is -2.12. The van der Waals surface area contributed by atoms with Crippen LogP contribution in [-0.4, -0.2) is 39.9 Å². The van der Waals surface area contributed by atoms with Crippen LogP contribution in [0.5, 0.6) is 5.75 Å². The summed E-state index contributed by atoms with van der Waals surface area (Å²) in [5.41, 5.74) is 2.10. The zero-order valence-electron chi connectivity index (χ0n) is 18.9. The Morgan fingerprint density at radius 3 is 2.49 bits per heavy atom. The number of ether oxygens (including phenoxy) is 2. The maximum atomic E-state index is 13.0. The van der Waals surface area contributed by atoms with Crippen LogP contribution in [0.2, 0.25) is 0 Å². The largest absolute Gasteiger partial charge is 0.452 e. The number of nitrogens with zero attached hydrogens (tertiary/aromatic N) is 3. The van der Waals surface area contributed by atoms with E-state index in [1.54, 1.807) is 16.8 Å². The molecule has 1 amide bonds. The van der Waals surface area contributed by atoms with Crippen LogP contribution in [0, 0.1) is 0 Å². The van der Waals surface area contributed by atoms with E-state index in [4.69, 9.17) is 9.72 Å². The van der Waals surface area contributed by atoms with Crippen molar-refractivity contribution >= 4 is 28.6 Å². The van der Waals surface area contributed by atoms with E-state index in [2.05, 4.69) is 15.2 Å². The van der Waals surface area contributed by atoms with Gasteiger partial charge >= 0.3 is 12.6 Å². The van der Waals surface area contributed by atoms with Crippen LogP contribution >= 0.6 is 0 Å². The lowest BCUT2D eigenvalue weighted by molar-refractivity contribution is -0.119. The third-order valence-corrected chi connectivity index (χ3v) is 5.06. The highest BCUT2D eigenvalue weighted by Gasteiger charge is 2.21. The Balaban J connectivity index is 1.57. The van der Waals surface area contributed by atoms with E-state index in [1.807, 2.05) is 44.2 Å². The van der Waals surface area contributed by atoms with Gasteiger partial charge in [-0.25, -0.2) is 14.5 Å². The number of esters is 1. The topological polar surface area (TPSA) is 95.3 Å². The van der Waals surface area contributed by atoms with E-state index in [9.17, 15) is 18.4 Å². The van der Waals surface area contributed by atoms with Crippen molar-refractivity contribution in [3.8, 4) is 17.0 Å². The number of alkyl halides is 2. The van der Waals surface area contributed by atoms with Crippen LogP contribution < -0.4 is 10.1 Å². The molecule has 0 radical (unpaired) electrons. The highest BCUT2D eigenvalue weighted by molar-refractivity contribution is 6.05. The summed E-state index contributed by atoms with van der Waals surface area (Å²) < 4.78 is 36.5. The number of carbonyl (C=O) groups excluding carboxylic acids is 2. The van der Waals surface area contributed by atoms with E-state index < -0.39 is 25.1 Å². The van der Waals surface area contributed by atoms with Crippen molar-refractivity contribution < 1.29 is 27.8 Å². The average Bonchev–Trinajstić information content (AvgIpc) is 3.28. The molecule has 10 heteroatoms. The van der Waals surface area contributed by atoms with Gasteiger partial charge in [-0.15, -0.1) is 0 Å². The molecule has 1 N–H and O–H groups in total. The Morgan fingerprint density at radius 1 is 1.06 bits per heavy atom. The first-order valence-corrected chi connectivity index (χ1v) is 10.8. The first kappa shape index (κ1) is 23.8. The third kappa shape index (κ3) is 5.43. The van der Waals surface area contributed by atoms with E-state index in [0.717, 1.165) is 5.56 Å². The second kappa shape index (κ2) is 10.3. The molecule has 0 saturated carbocycles. The standard InChI is InChI=1S/C25H22F2N4O4/c1-15(2)31-23-18(13-28-31)17(12-20(30-23)16-8-4-3-5-9-16)24(33)34-14-22(32)29-19-10-6-7-11-21(19)35-25(26)27/h3-13,15,25H,14H2,1-2H3,(H,29,32). The van der Waals surface area contributed by atoms with E-state index in [1.165, 1.54) is 24.4 Å². The van der Waals surface area contributed by atoms with Crippen molar-refractivity contribution in [1.29, 1.82) is 0 Å². The van der Waals surface area contributed by atoms with Crippen LogP contribution in [0.25, 0.3) is 22.3 Å². The molecule has 0 bridgehead atoms. The van der Waals surface area contributed by atoms with Gasteiger partial charge in [0, 0.05) is 11.6 Å². The third-order valence-electron chi connectivity index (χ3n) is 5.06.